The number of hydrogen-bond acceptors (Lipinski definition) is 5. The van der Waals surface area contributed by atoms with Gasteiger partial charge in [-0.1, -0.05) is 46.6 Å². The van der Waals surface area contributed by atoms with Crippen molar-refractivity contribution >= 4 is 52.4 Å². The first-order chi connectivity index (χ1) is 13.4. The Balaban J connectivity index is 1.92. The molecule has 0 saturated heterocycles. The number of nitrogens with zero attached hydrogens (tertiary/aromatic N) is 3. The predicted molar refractivity (Wildman–Crippen MR) is 120 cm³/mol. The summed E-state index contributed by atoms with van der Waals surface area (Å²) in [4.78, 5) is 12.5. The minimum Gasteiger partial charge on any atom is -0.369 e. The van der Waals surface area contributed by atoms with E-state index in [9.17, 15) is 0 Å². The molecule has 0 fully saturated rings. The summed E-state index contributed by atoms with van der Waals surface area (Å²) in [6.07, 6.45) is 0. The van der Waals surface area contributed by atoms with Crippen molar-refractivity contribution in [2.24, 2.45) is 0 Å². The van der Waals surface area contributed by atoms with Crippen LogP contribution in [0.2, 0.25) is 15.1 Å². The fourth-order valence-corrected chi connectivity index (χ4v) is 3.60. The molecule has 3 rings (SSSR count). The molecule has 0 aliphatic heterocycles. The van der Waals surface area contributed by atoms with Crippen LogP contribution in [0.25, 0.3) is 11.4 Å². The lowest BCUT2D eigenvalue weighted by molar-refractivity contribution is 0.425. The second-order valence-corrected chi connectivity index (χ2v) is 8.67. The average molecular weight is 454 g/mol. The van der Waals surface area contributed by atoms with Crippen molar-refractivity contribution in [2.75, 3.05) is 32.5 Å². The van der Waals surface area contributed by atoms with E-state index in [4.69, 9.17) is 39.8 Å². The van der Waals surface area contributed by atoms with Crippen molar-refractivity contribution < 1.29 is 0 Å². The highest BCUT2D eigenvalue weighted by atomic mass is 35.5. The van der Waals surface area contributed by atoms with E-state index in [-0.39, 0.29) is 0 Å². The Morgan fingerprint density at radius 1 is 0.929 bits per heavy atom. The fourth-order valence-electron chi connectivity index (χ4n) is 2.36. The summed E-state index contributed by atoms with van der Waals surface area (Å²) in [5, 5.41) is 5.86. The molecular weight excluding hydrogens is 435 g/mol. The molecule has 0 bridgehead atoms. The number of likely N-dealkylation sites (N-methyl/N-ethyl adjacent to an activating group) is 1. The molecule has 8 heteroatoms. The average Bonchev–Trinajstić information content (AvgIpc) is 2.65. The smallest absolute Gasteiger partial charge is 0.162 e. The molecule has 0 spiro atoms. The molecule has 0 amide bonds. The quantitative estimate of drug-likeness (QED) is 0.429. The van der Waals surface area contributed by atoms with Crippen molar-refractivity contribution in [3.05, 3.63) is 63.6 Å². The standard InChI is InChI=1S/C20H19Cl3N4S/c1-27(2)10-9-24-18-12-19(28-15-6-4-14(21)5-7-15)26-20(25-18)13-3-8-16(22)17(23)11-13/h3-8,11-12H,9-10H2,1-2H3,(H,24,25,26). The number of rotatable bonds is 7. The van der Waals surface area contributed by atoms with Crippen LogP contribution >= 0.6 is 46.6 Å². The highest BCUT2D eigenvalue weighted by molar-refractivity contribution is 7.99. The molecule has 0 unspecified atom stereocenters. The molecule has 0 aliphatic rings. The third-order valence-electron chi connectivity index (χ3n) is 3.78. The minimum atomic E-state index is 0.473. The van der Waals surface area contributed by atoms with Crippen molar-refractivity contribution in [1.82, 2.24) is 14.9 Å². The molecule has 1 aromatic heterocycles. The van der Waals surface area contributed by atoms with E-state index in [0.717, 1.165) is 34.4 Å². The molecule has 0 aliphatic carbocycles. The van der Waals surface area contributed by atoms with E-state index in [1.807, 2.05) is 50.5 Å². The zero-order chi connectivity index (χ0) is 20.1. The molecule has 4 nitrogen and oxygen atoms in total. The Hall–Kier alpha value is -1.50. The Labute approximate surface area is 184 Å². The molecule has 0 saturated carbocycles. The molecule has 1 N–H and O–H groups in total. The minimum absolute atomic E-state index is 0.473. The first kappa shape index (κ1) is 21.2. The van der Waals surface area contributed by atoms with E-state index in [1.54, 1.807) is 23.9 Å². The lowest BCUT2D eigenvalue weighted by atomic mass is 10.2. The van der Waals surface area contributed by atoms with Gasteiger partial charge in [-0.2, -0.15) is 0 Å². The molecule has 3 aromatic rings. The third-order valence-corrected chi connectivity index (χ3v) is 5.70. The number of halogens is 3. The first-order valence-electron chi connectivity index (χ1n) is 8.57. The molecule has 0 radical (unpaired) electrons. The van der Waals surface area contributed by atoms with Crippen LogP contribution in [-0.2, 0) is 0 Å². The van der Waals surface area contributed by atoms with Crippen LogP contribution < -0.4 is 5.32 Å². The number of anilines is 1. The zero-order valence-corrected chi connectivity index (χ0v) is 18.5. The maximum absolute atomic E-state index is 6.18. The van der Waals surface area contributed by atoms with E-state index >= 15 is 0 Å². The Bertz CT molecular complexity index is 949. The predicted octanol–water partition coefficient (Wildman–Crippen LogP) is 6.23. The SMILES string of the molecule is CN(C)CCNc1cc(Sc2ccc(Cl)cc2)nc(-c2ccc(Cl)c(Cl)c2)n1. The molecule has 1 heterocycles. The maximum Gasteiger partial charge on any atom is 0.162 e. The lowest BCUT2D eigenvalue weighted by Gasteiger charge is -2.13. The van der Waals surface area contributed by atoms with Gasteiger partial charge >= 0.3 is 0 Å². The number of benzene rings is 2. The molecule has 146 valence electrons. The lowest BCUT2D eigenvalue weighted by Crippen LogP contribution is -2.21. The summed E-state index contributed by atoms with van der Waals surface area (Å²) in [5.74, 6) is 1.35. The molecule has 2 aromatic carbocycles. The highest BCUT2D eigenvalue weighted by Crippen LogP contribution is 2.32. The van der Waals surface area contributed by atoms with Crippen LogP contribution in [0.5, 0.6) is 0 Å². The van der Waals surface area contributed by atoms with Crippen molar-refractivity contribution in [2.45, 2.75) is 9.92 Å². The largest absolute Gasteiger partial charge is 0.369 e. The second kappa shape index (κ2) is 9.81. The van der Waals surface area contributed by atoms with Crippen LogP contribution in [-0.4, -0.2) is 42.1 Å². The summed E-state index contributed by atoms with van der Waals surface area (Å²) >= 11 is 19.8. The maximum atomic E-state index is 6.18. The van der Waals surface area contributed by atoms with E-state index in [2.05, 4.69) is 15.2 Å². The summed E-state index contributed by atoms with van der Waals surface area (Å²) in [6, 6.07) is 15.0. The highest BCUT2D eigenvalue weighted by Gasteiger charge is 2.10. The van der Waals surface area contributed by atoms with Gasteiger partial charge in [0.05, 0.1) is 10.0 Å². The van der Waals surface area contributed by atoms with Gasteiger partial charge in [-0.3, -0.25) is 0 Å². The van der Waals surface area contributed by atoms with Gasteiger partial charge < -0.3 is 10.2 Å². The summed E-state index contributed by atoms with van der Waals surface area (Å²) < 4.78 is 0. The number of hydrogen-bond donors (Lipinski definition) is 1. The van der Waals surface area contributed by atoms with Gasteiger partial charge in [0.1, 0.15) is 10.8 Å². The van der Waals surface area contributed by atoms with Crippen molar-refractivity contribution in [3.63, 3.8) is 0 Å². The molecular formula is C20H19Cl3N4S. The van der Waals surface area contributed by atoms with Gasteiger partial charge in [0.25, 0.3) is 0 Å². The van der Waals surface area contributed by atoms with Gasteiger partial charge in [-0.15, -0.1) is 0 Å². The fraction of sp³-hybridized carbons (Fsp3) is 0.200. The second-order valence-electron chi connectivity index (χ2n) is 6.33. The van der Waals surface area contributed by atoms with Gasteiger partial charge in [0.2, 0.25) is 0 Å². The molecule has 0 atom stereocenters. The van der Waals surface area contributed by atoms with E-state index in [1.165, 1.54) is 0 Å². The van der Waals surface area contributed by atoms with Crippen LogP contribution in [0, 0.1) is 0 Å². The Kier molecular flexibility index (Phi) is 7.43. The Morgan fingerprint density at radius 3 is 2.36 bits per heavy atom. The van der Waals surface area contributed by atoms with Crippen molar-refractivity contribution in [1.29, 1.82) is 0 Å². The van der Waals surface area contributed by atoms with Gasteiger partial charge in [-0.05, 0) is 56.6 Å². The monoisotopic (exact) mass is 452 g/mol. The van der Waals surface area contributed by atoms with Crippen LogP contribution in [0.3, 0.4) is 0 Å². The number of nitrogens with one attached hydrogen (secondary N) is 1. The molecule has 28 heavy (non-hydrogen) atoms. The van der Waals surface area contributed by atoms with Gasteiger partial charge in [0, 0.05) is 34.6 Å². The van der Waals surface area contributed by atoms with Crippen LogP contribution in [0.1, 0.15) is 0 Å². The summed E-state index contributed by atoms with van der Waals surface area (Å²) in [7, 11) is 4.06. The summed E-state index contributed by atoms with van der Waals surface area (Å²) in [6.45, 7) is 1.67. The Morgan fingerprint density at radius 2 is 1.68 bits per heavy atom. The topological polar surface area (TPSA) is 41.0 Å². The number of aromatic nitrogens is 2. The van der Waals surface area contributed by atoms with Crippen LogP contribution in [0.15, 0.2) is 58.5 Å². The third kappa shape index (κ3) is 6.00. The normalized spacial score (nSPS) is 11.1. The van der Waals surface area contributed by atoms with Gasteiger partial charge in [-0.25, -0.2) is 9.97 Å². The van der Waals surface area contributed by atoms with E-state index in [0.29, 0.717) is 20.9 Å². The zero-order valence-electron chi connectivity index (χ0n) is 15.4. The van der Waals surface area contributed by atoms with E-state index < -0.39 is 0 Å². The summed E-state index contributed by atoms with van der Waals surface area (Å²) in [5.41, 5.74) is 0.809. The first-order valence-corrected chi connectivity index (χ1v) is 10.5. The van der Waals surface area contributed by atoms with Crippen molar-refractivity contribution in [3.8, 4) is 11.4 Å². The van der Waals surface area contributed by atoms with Gasteiger partial charge in [0.15, 0.2) is 5.82 Å². The van der Waals surface area contributed by atoms with Crippen LogP contribution in [0.4, 0.5) is 5.82 Å².